The van der Waals surface area contributed by atoms with Gasteiger partial charge in [0.25, 0.3) is 5.89 Å². The molecule has 0 radical (unpaired) electrons. The fourth-order valence-corrected chi connectivity index (χ4v) is 2.26. The summed E-state index contributed by atoms with van der Waals surface area (Å²) in [6.07, 6.45) is 0. The van der Waals surface area contributed by atoms with Crippen LogP contribution in [0.5, 0.6) is 0 Å². The van der Waals surface area contributed by atoms with Crippen molar-refractivity contribution >= 4 is 21.6 Å². The molecule has 0 aliphatic rings. The number of rotatable bonds is 2. The van der Waals surface area contributed by atoms with Crippen LogP contribution in [0.3, 0.4) is 0 Å². The third kappa shape index (κ3) is 2.44. The van der Waals surface area contributed by atoms with Gasteiger partial charge in [0.1, 0.15) is 0 Å². The molecule has 0 saturated heterocycles. The van der Waals surface area contributed by atoms with Gasteiger partial charge in [-0.3, -0.25) is 0 Å². The van der Waals surface area contributed by atoms with E-state index >= 15 is 0 Å². The Morgan fingerprint density at radius 1 is 1.10 bits per heavy atom. The summed E-state index contributed by atoms with van der Waals surface area (Å²) in [5, 5.41) is 4.01. The summed E-state index contributed by atoms with van der Waals surface area (Å²) in [7, 11) is 0. The number of aryl methyl sites for hydroxylation is 1. The Kier molecular flexibility index (Phi) is 3.28. The molecule has 0 aliphatic heterocycles. The van der Waals surface area contributed by atoms with Gasteiger partial charge in [0.05, 0.1) is 0 Å². The van der Waals surface area contributed by atoms with Crippen LogP contribution in [0.4, 0.5) is 5.69 Å². The summed E-state index contributed by atoms with van der Waals surface area (Å²) in [6, 6.07) is 13.5. The van der Waals surface area contributed by atoms with Crippen LogP contribution in [0, 0.1) is 6.92 Å². The first-order chi connectivity index (χ1) is 9.63. The van der Waals surface area contributed by atoms with Gasteiger partial charge in [0.15, 0.2) is 0 Å². The largest absolute Gasteiger partial charge is 0.398 e. The molecule has 3 rings (SSSR count). The summed E-state index contributed by atoms with van der Waals surface area (Å²) in [5.41, 5.74) is 9.36. The van der Waals surface area contributed by atoms with E-state index < -0.39 is 0 Å². The lowest BCUT2D eigenvalue weighted by molar-refractivity contribution is 0.432. The van der Waals surface area contributed by atoms with Crippen LogP contribution in [0.2, 0.25) is 0 Å². The van der Waals surface area contributed by atoms with Gasteiger partial charge in [0, 0.05) is 21.3 Å². The van der Waals surface area contributed by atoms with Crippen LogP contribution < -0.4 is 5.73 Å². The van der Waals surface area contributed by atoms with Crippen LogP contribution in [-0.2, 0) is 0 Å². The maximum absolute atomic E-state index is 5.90. The average molecular weight is 330 g/mol. The predicted octanol–water partition coefficient (Wildman–Crippen LogP) is 4.06. The smallest absolute Gasteiger partial charge is 0.258 e. The fraction of sp³-hybridized carbons (Fsp3) is 0.0667. The van der Waals surface area contributed by atoms with Crippen molar-refractivity contribution in [3.05, 3.63) is 52.5 Å². The zero-order valence-electron chi connectivity index (χ0n) is 10.8. The molecule has 1 aromatic heterocycles. The Morgan fingerprint density at radius 3 is 2.70 bits per heavy atom. The van der Waals surface area contributed by atoms with Crippen molar-refractivity contribution in [1.29, 1.82) is 0 Å². The lowest BCUT2D eigenvalue weighted by atomic mass is 10.1. The zero-order chi connectivity index (χ0) is 14.1. The molecule has 5 heteroatoms. The van der Waals surface area contributed by atoms with Crippen LogP contribution in [0.25, 0.3) is 22.8 Å². The third-order valence-corrected chi connectivity index (χ3v) is 3.53. The number of hydrogen-bond donors (Lipinski definition) is 1. The molecular formula is C15H12BrN3O. The highest BCUT2D eigenvalue weighted by Crippen LogP contribution is 2.26. The maximum atomic E-state index is 5.90. The molecule has 0 fully saturated rings. The molecule has 20 heavy (non-hydrogen) atoms. The van der Waals surface area contributed by atoms with Crippen LogP contribution in [-0.4, -0.2) is 10.1 Å². The van der Waals surface area contributed by atoms with Crippen LogP contribution in [0.1, 0.15) is 5.56 Å². The lowest BCUT2D eigenvalue weighted by Crippen LogP contribution is -1.90. The number of nitrogen functional groups attached to an aromatic ring is 1. The quantitative estimate of drug-likeness (QED) is 0.720. The van der Waals surface area contributed by atoms with Crippen LogP contribution in [0.15, 0.2) is 51.5 Å². The first-order valence-electron chi connectivity index (χ1n) is 6.09. The number of nitrogens with zero attached hydrogens (tertiary/aromatic N) is 2. The summed E-state index contributed by atoms with van der Waals surface area (Å²) < 4.78 is 6.28. The number of halogens is 1. The molecule has 0 amide bonds. The highest BCUT2D eigenvalue weighted by atomic mass is 79.9. The molecule has 0 saturated carbocycles. The van der Waals surface area contributed by atoms with Gasteiger partial charge in [-0.15, -0.1) is 0 Å². The van der Waals surface area contributed by atoms with Crippen molar-refractivity contribution in [2.45, 2.75) is 6.92 Å². The zero-order valence-corrected chi connectivity index (χ0v) is 12.4. The second-order valence-electron chi connectivity index (χ2n) is 4.50. The molecule has 0 bridgehead atoms. The van der Waals surface area contributed by atoms with Gasteiger partial charge >= 0.3 is 0 Å². The van der Waals surface area contributed by atoms with Crippen LogP contribution >= 0.6 is 15.9 Å². The monoisotopic (exact) mass is 329 g/mol. The second-order valence-corrected chi connectivity index (χ2v) is 5.42. The van der Waals surface area contributed by atoms with E-state index in [0.29, 0.717) is 17.4 Å². The maximum Gasteiger partial charge on any atom is 0.258 e. The van der Waals surface area contributed by atoms with Crippen molar-refractivity contribution in [2.24, 2.45) is 0 Å². The predicted molar refractivity (Wildman–Crippen MR) is 82.0 cm³/mol. The van der Waals surface area contributed by atoms with Crippen molar-refractivity contribution < 1.29 is 4.52 Å². The van der Waals surface area contributed by atoms with E-state index in [1.807, 2.05) is 49.4 Å². The van der Waals surface area contributed by atoms with E-state index in [1.165, 1.54) is 0 Å². The molecule has 0 unspecified atom stereocenters. The van der Waals surface area contributed by atoms with Gasteiger partial charge in [-0.2, -0.15) is 4.98 Å². The molecular weight excluding hydrogens is 318 g/mol. The molecule has 0 spiro atoms. The number of hydrogen-bond acceptors (Lipinski definition) is 4. The minimum absolute atomic E-state index is 0.465. The molecule has 0 aliphatic carbocycles. The van der Waals surface area contributed by atoms with Gasteiger partial charge in [-0.1, -0.05) is 39.3 Å². The van der Waals surface area contributed by atoms with Gasteiger partial charge in [-0.05, 0) is 36.8 Å². The Labute approximate surface area is 124 Å². The summed E-state index contributed by atoms with van der Waals surface area (Å²) in [6.45, 7) is 1.96. The van der Waals surface area contributed by atoms with E-state index in [2.05, 4.69) is 26.1 Å². The highest BCUT2D eigenvalue weighted by Gasteiger charge is 2.11. The summed E-state index contributed by atoms with van der Waals surface area (Å²) >= 11 is 3.43. The summed E-state index contributed by atoms with van der Waals surface area (Å²) in [4.78, 5) is 4.41. The van der Waals surface area contributed by atoms with Gasteiger partial charge in [0.2, 0.25) is 5.82 Å². The van der Waals surface area contributed by atoms with Gasteiger partial charge in [-0.25, -0.2) is 0 Å². The molecule has 2 N–H and O–H groups in total. The SMILES string of the molecule is Cc1ccc(-c2nc(-c3cccc(Br)c3)no2)cc1N. The Balaban J connectivity index is 1.99. The van der Waals surface area contributed by atoms with E-state index in [9.17, 15) is 0 Å². The van der Waals surface area contributed by atoms with E-state index in [4.69, 9.17) is 10.3 Å². The minimum atomic E-state index is 0.465. The third-order valence-electron chi connectivity index (χ3n) is 3.04. The number of benzene rings is 2. The molecule has 4 nitrogen and oxygen atoms in total. The number of anilines is 1. The Bertz CT molecular complexity index is 767. The van der Waals surface area contributed by atoms with Gasteiger partial charge < -0.3 is 10.3 Å². The topological polar surface area (TPSA) is 64.9 Å². The fourth-order valence-electron chi connectivity index (χ4n) is 1.86. The average Bonchev–Trinajstić information content (AvgIpc) is 2.92. The van der Waals surface area contributed by atoms with Crippen molar-refractivity contribution in [1.82, 2.24) is 10.1 Å². The van der Waals surface area contributed by atoms with E-state index in [1.54, 1.807) is 0 Å². The first kappa shape index (κ1) is 12.9. The number of aromatic nitrogens is 2. The summed E-state index contributed by atoms with van der Waals surface area (Å²) in [5.74, 6) is 1.02. The molecule has 0 atom stereocenters. The van der Waals surface area contributed by atoms with Crippen molar-refractivity contribution in [2.75, 3.05) is 5.73 Å². The normalized spacial score (nSPS) is 10.7. The highest BCUT2D eigenvalue weighted by molar-refractivity contribution is 9.10. The molecule has 1 heterocycles. The Morgan fingerprint density at radius 2 is 1.95 bits per heavy atom. The van der Waals surface area contributed by atoms with Crippen molar-refractivity contribution in [3.8, 4) is 22.8 Å². The lowest BCUT2D eigenvalue weighted by Gasteiger charge is -2.00. The van der Waals surface area contributed by atoms with E-state index in [0.717, 1.165) is 21.2 Å². The molecule has 3 aromatic rings. The molecule has 2 aromatic carbocycles. The van der Waals surface area contributed by atoms with Crippen molar-refractivity contribution in [3.63, 3.8) is 0 Å². The second kappa shape index (κ2) is 5.09. The first-order valence-corrected chi connectivity index (χ1v) is 6.89. The Hall–Kier alpha value is -2.14. The minimum Gasteiger partial charge on any atom is -0.398 e. The molecule has 100 valence electrons. The van der Waals surface area contributed by atoms with E-state index in [-0.39, 0.29) is 0 Å². The number of nitrogens with two attached hydrogens (primary N) is 1. The standard InChI is InChI=1S/C15H12BrN3O/c1-9-5-6-11(8-13(9)17)15-18-14(19-20-15)10-3-2-4-12(16)7-10/h2-8H,17H2,1H3.